The molecule has 3 aliphatic rings. The average molecular weight is 381 g/mol. The van der Waals surface area contributed by atoms with Crippen LogP contribution in [0.1, 0.15) is 34.3 Å². The monoisotopic (exact) mass is 381 g/mol. The minimum Gasteiger partial charge on any atom is -0.478 e. The summed E-state index contributed by atoms with van der Waals surface area (Å²) in [5.74, 6) is 1.07. The molecule has 0 N–H and O–H groups in total. The average Bonchev–Trinajstić information content (AvgIpc) is 3.32. The second kappa shape index (κ2) is 7.04. The highest BCUT2D eigenvalue weighted by molar-refractivity contribution is 6.15. The summed E-state index contributed by atoms with van der Waals surface area (Å²) in [4.78, 5) is 14.9. The molecule has 144 valence electrons. The quantitative estimate of drug-likeness (QED) is 0.758. The molecule has 3 heterocycles. The molecule has 2 aromatic carbocycles. The van der Waals surface area contributed by atoms with Crippen LogP contribution in [-0.2, 0) is 11.3 Å². The number of halogens is 1. The van der Waals surface area contributed by atoms with Crippen LogP contribution in [0, 0.1) is 5.82 Å². The first-order valence-electron chi connectivity index (χ1n) is 9.50. The van der Waals surface area contributed by atoms with E-state index in [2.05, 4.69) is 4.90 Å². The lowest BCUT2D eigenvalue weighted by atomic mass is 10.0. The molecule has 1 atom stereocenters. The lowest BCUT2D eigenvalue weighted by Gasteiger charge is -2.31. The van der Waals surface area contributed by atoms with Crippen molar-refractivity contribution in [2.45, 2.75) is 25.5 Å². The number of hydrogen-bond acceptors (Lipinski definition) is 5. The zero-order valence-corrected chi connectivity index (χ0v) is 15.3. The second-order valence-electron chi connectivity index (χ2n) is 7.33. The zero-order valence-electron chi connectivity index (χ0n) is 15.3. The molecule has 0 amide bonds. The number of ether oxygens (including phenoxy) is 3. The van der Waals surface area contributed by atoms with Crippen molar-refractivity contribution in [3.63, 3.8) is 0 Å². The van der Waals surface area contributed by atoms with Gasteiger partial charge in [-0.05, 0) is 48.7 Å². The van der Waals surface area contributed by atoms with Crippen molar-refractivity contribution in [3.8, 4) is 11.5 Å². The van der Waals surface area contributed by atoms with Crippen molar-refractivity contribution >= 4 is 11.9 Å². The van der Waals surface area contributed by atoms with Gasteiger partial charge in [-0.25, -0.2) is 4.39 Å². The predicted molar refractivity (Wildman–Crippen MR) is 101 cm³/mol. The molecule has 6 heteroatoms. The molecule has 0 spiro atoms. The predicted octanol–water partition coefficient (Wildman–Crippen LogP) is 3.77. The van der Waals surface area contributed by atoms with E-state index in [1.807, 2.05) is 6.07 Å². The molecule has 1 fully saturated rings. The van der Waals surface area contributed by atoms with Crippen molar-refractivity contribution in [2.24, 2.45) is 0 Å². The number of ketones is 1. The Balaban J connectivity index is 1.41. The van der Waals surface area contributed by atoms with Gasteiger partial charge in [-0.2, -0.15) is 0 Å². The van der Waals surface area contributed by atoms with Crippen LogP contribution in [-0.4, -0.2) is 36.7 Å². The van der Waals surface area contributed by atoms with E-state index in [4.69, 9.17) is 14.2 Å². The van der Waals surface area contributed by atoms with Crippen LogP contribution >= 0.6 is 0 Å². The number of carbonyl (C=O) groups is 1. The lowest BCUT2D eigenvalue weighted by molar-refractivity contribution is 0.0274. The van der Waals surface area contributed by atoms with E-state index in [0.29, 0.717) is 30.2 Å². The summed E-state index contributed by atoms with van der Waals surface area (Å²) in [5, 5.41) is 0. The molecular formula is C22H20FNO4. The Labute approximate surface area is 162 Å². The Kier molecular flexibility index (Phi) is 4.37. The van der Waals surface area contributed by atoms with Crippen LogP contribution in [0.25, 0.3) is 6.08 Å². The molecule has 0 saturated carbocycles. The van der Waals surface area contributed by atoms with Crippen molar-refractivity contribution in [2.75, 3.05) is 19.9 Å². The highest BCUT2D eigenvalue weighted by Gasteiger charge is 2.34. The maximum absolute atomic E-state index is 13.1. The van der Waals surface area contributed by atoms with E-state index < -0.39 is 0 Å². The van der Waals surface area contributed by atoms with Crippen molar-refractivity contribution in [1.29, 1.82) is 0 Å². The Hall–Kier alpha value is -2.70. The van der Waals surface area contributed by atoms with Crippen LogP contribution < -0.4 is 9.47 Å². The van der Waals surface area contributed by atoms with Crippen LogP contribution in [0.15, 0.2) is 42.2 Å². The van der Waals surface area contributed by atoms with Gasteiger partial charge in [-0.15, -0.1) is 0 Å². The van der Waals surface area contributed by atoms with Gasteiger partial charge in [0.2, 0.25) is 5.78 Å². The number of rotatable bonds is 3. The van der Waals surface area contributed by atoms with Crippen molar-refractivity contribution < 1.29 is 23.4 Å². The highest BCUT2D eigenvalue weighted by atomic mass is 19.1. The van der Waals surface area contributed by atoms with Crippen molar-refractivity contribution in [3.05, 3.63) is 64.7 Å². The Morgan fingerprint density at radius 3 is 2.82 bits per heavy atom. The van der Waals surface area contributed by atoms with E-state index in [9.17, 15) is 9.18 Å². The standard InChI is InChI=1S/C22H20FNO4/c23-15-5-3-14(4-6-15)10-20-21(25)17-7-8-19-18(22(17)28-20)12-24(13-27-19)11-16-2-1-9-26-16/h3-8,10,16H,1-2,9,11-13H2/t16-/m1/s1. The number of fused-ring (bicyclic) bond motifs is 3. The van der Waals surface area contributed by atoms with Gasteiger partial charge in [0.05, 0.1) is 17.2 Å². The lowest BCUT2D eigenvalue weighted by Crippen LogP contribution is -2.37. The van der Waals surface area contributed by atoms with Gasteiger partial charge >= 0.3 is 0 Å². The summed E-state index contributed by atoms with van der Waals surface area (Å²) in [6.45, 7) is 2.77. The summed E-state index contributed by atoms with van der Waals surface area (Å²) in [6.07, 6.45) is 4.04. The molecule has 0 bridgehead atoms. The van der Waals surface area contributed by atoms with Gasteiger partial charge in [-0.3, -0.25) is 9.69 Å². The molecule has 5 nitrogen and oxygen atoms in total. The fourth-order valence-corrected chi connectivity index (χ4v) is 3.91. The summed E-state index contributed by atoms with van der Waals surface area (Å²) in [6, 6.07) is 9.53. The van der Waals surface area contributed by atoms with E-state index in [1.165, 1.54) is 12.1 Å². The smallest absolute Gasteiger partial charge is 0.231 e. The third kappa shape index (κ3) is 3.19. The molecule has 28 heavy (non-hydrogen) atoms. The number of Topliss-reactive ketones (excluding diaryl/α,β-unsaturated/α-hetero) is 1. The molecule has 1 saturated heterocycles. The minimum atomic E-state index is -0.318. The maximum atomic E-state index is 13.1. The maximum Gasteiger partial charge on any atom is 0.231 e. The zero-order chi connectivity index (χ0) is 19.1. The first-order valence-corrected chi connectivity index (χ1v) is 9.50. The Morgan fingerprint density at radius 1 is 1.18 bits per heavy atom. The third-order valence-corrected chi connectivity index (χ3v) is 5.34. The first-order chi connectivity index (χ1) is 13.7. The largest absolute Gasteiger partial charge is 0.478 e. The van der Waals surface area contributed by atoms with Gasteiger partial charge in [0.15, 0.2) is 5.76 Å². The van der Waals surface area contributed by atoms with Gasteiger partial charge in [0.25, 0.3) is 0 Å². The molecule has 3 aliphatic heterocycles. The summed E-state index contributed by atoms with van der Waals surface area (Å²) < 4.78 is 30.7. The molecular weight excluding hydrogens is 361 g/mol. The first kappa shape index (κ1) is 17.4. The molecule has 0 aliphatic carbocycles. The van der Waals surface area contributed by atoms with Gasteiger partial charge < -0.3 is 14.2 Å². The summed E-state index contributed by atoms with van der Waals surface area (Å²) in [7, 11) is 0. The third-order valence-electron chi connectivity index (χ3n) is 5.34. The van der Waals surface area contributed by atoms with Crippen LogP contribution in [0.5, 0.6) is 11.5 Å². The topological polar surface area (TPSA) is 48.0 Å². The Morgan fingerprint density at radius 2 is 2.04 bits per heavy atom. The van der Waals surface area contributed by atoms with Crippen LogP contribution in [0.2, 0.25) is 0 Å². The molecule has 2 aromatic rings. The van der Waals surface area contributed by atoms with Gasteiger partial charge in [-0.1, -0.05) is 12.1 Å². The molecule has 0 radical (unpaired) electrons. The summed E-state index contributed by atoms with van der Waals surface area (Å²) in [5.41, 5.74) is 2.13. The van der Waals surface area contributed by atoms with E-state index in [-0.39, 0.29) is 23.5 Å². The number of carbonyl (C=O) groups excluding carboxylic acids is 1. The van der Waals surface area contributed by atoms with Crippen molar-refractivity contribution in [1.82, 2.24) is 4.90 Å². The molecule has 5 rings (SSSR count). The normalized spacial score (nSPS) is 22.7. The summed E-state index contributed by atoms with van der Waals surface area (Å²) >= 11 is 0. The van der Waals surface area contributed by atoms with Crippen LogP contribution in [0.4, 0.5) is 4.39 Å². The SMILES string of the molecule is O=C1C(=Cc2ccc(F)cc2)Oc2c1ccc1c2CN(C[C@H]2CCCO2)CO1. The number of benzene rings is 2. The molecule has 0 unspecified atom stereocenters. The number of nitrogens with zero attached hydrogens (tertiary/aromatic N) is 1. The fourth-order valence-electron chi connectivity index (χ4n) is 3.91. The van der Waals surface area contributed by atoms with Gasteiger partial charge in [0.1, 0.15) is 24.0 Å². The second-order valence-corrected chi connectivity index (χ2v) is 7.33. The highest BCUT2D eigenvalue weighted by Crippen LogP contribution is 2.42. The Bertz CT molecular complexity index is 948. The van der Waals surface area contributed by atoms with Gasteiger partial charge in [0, 0.05) is 19.7 Å². The fraction of sp³-hybridized carbons (Fsp3) is 0.318. The van der Waals surface area contributed by atoms with E-state index in [1.54, 1.807) is 24.3 Å². The van der Waals surface area contributed by atoms with Crippen LogP contribution in [0.3, 0.4) is 0 Å². The van der Waals surface area contributed by atoms with E-state index >= 15 is 0 Å². The number of hydrogen-bond donors (Lipinski definition) is 0. The minimum absolute atomic E-state index is 0.168. The molecule has 0 aromatic heterocycles. The van der Waals surface area contributed by atoms with E-state index in [0.717, 1.165) is 37.3 Å². The number of allylic oxidation sites excluding steroid dienone is 1.